The second kappa shape index (κ2) is 10.0. The number of benzene rings is 3. The first-order valence-electron chi connectivity index (χ1n) is 7.49. The standard InChI is InChI=1S/C16H13N3O7S2.2Na/c17-12-8-11-9(6-13(12)27(21,22)23)7-14(28(24,25)26)15(16(11)20)19-18-10-4-2-1-3-5-10;;/h1-8,20H,17H2,(H,21,22,23)(H,24,25,26);;. The van der Waals surface area contributed by atoms with Crippen LogP contribution in [-0.4, -0.2) is 90.2 Å². The van der Waals surface area contributed by atoms with E-state index >= 15 is 0 Å². The van der Waals surface area contributed by atoms with E-state index in [0.29, 0.717) is 5.69 Å². The Morgan fingerprint density at radius 2 is 1.33 bits per heavy atom. The van der Waals surface area contributed by atoms with Crippen molar-refractivity contribution in [3.8, 4) is 5.75 Å². The molecule has 3 aromatic rings. The zero-order valence-corrected chi connectivity index (χ0v) is 21.5. The monoisotopic (exact) mass is 469 g/mol. The molecule has 0 atom stereocenters. The Morgan fingerprint density at radius 1 is 0.800 bits per heavy atom. The van der Waals surface area contributed by atoms with Gasteiger partial charge in [0.2, 0.25) is 0 Å². The Morgan fingerprint density at radius 3 is 1.87 bits per heavy atom. The molecular weight excluding hydrogens is 456 g/mol. The van der Waals surface area contributed by atoms with E-state index in [4.69, 9.17) is 5.73 Å². The van der Waals surface area contributed by atoms with Crippen LogP contribution in [0.3, 0.4) is 0 Å². The molecule has 0 spiro atoms. The van der Waals surface area contributed by atoms with Crippen LogP contribution >= 0.6 is 0 Å². The van der Waals surface area contributed by atoms with Gasteiger partial charge in [-0.3, -0.25) is 9.11 Å². The van der Waals surface area contributed by atoms with E-state index < -0.39 is 41.5 Å². The molecule has 0 aromatic heterocycles. The number of fused-ring (bicyclic) bond motifs is 1. The molecule has 0 unspecified atom stereocenters. The summed E-state index contributed by atoms with van der Waals surface area (Å²) in [6, 6.07) is 11.0. The van der Waals surface area contributed by atoms with Crippen LogP contribution < -0.4 is 5.73 Å². The van der Waals surface area contributed by atoms with Crippen molar-refractivity contribution in [1.82, 2.24) is 0 Å². The van der Waals surface area contributed by atoms with E-state index in [0.717, 1.165) is 18.2 Å². The number of anilines is 1. The Hall–Kier alpha value is -1.06. The molecule has 0 amide bonds. The average Bonchev–Trinajstić information content (AvgIpc) is 2.60. The van der Waals surface area contributed by atoms with Crippen LogP contribution in [0.25, 0.3) is 10.8 Å². The fraction of sp³-hybridized carbons (Fsp3) is 0. The van der Waals surface area contributed by atoms with Crippen LogP contribution in [0, 0.1) is 0 Å². The summed E-state index contributed by atoms with van der Waals surface area (Å²) in [5.41, 5.74) is 5.02. The molecular formula is C16H13N3Na2O7S2. The fourth-order valence-corrected chi connectivity index (χ4v) is 3.80. The van der Waals surface area contributed by atoms with Gasteiger partial charge >= 0.3 is 0 Å². The molecule has 10 nitrogen and oxygen atoms in total. The SMILES string of the molecule is Nc1cc2c(O)c(N=Nc3ccccc3)c(S(=O)(=O)O)cc2cc1S(=O)(=O)O.[Na].[Na]. The molecule has 0 saturated carbocycles. The minimum Gasteiger partial charge on any atom is -0.505 e. The van der Waals surface area contributed by atoms with Gasteiger partial charge in [0.05, 0.1) is 11.4 Å². The van der Waals surface area contributed by atoms with Gasteiger partial charge in [0.25, 0.3) is 20.2 Å². The summed E-state index contributed by atoms with van der Waals surface area (Å²) in [4.78, 5) is -1.48. The van der Waals surface area contributed by atoms with Crippen molar-refractivity contribution < 1.29 is 31.0 Å². The summed E-state index contributed by atoms with van der Waals surface area (Å²) >= 11 is 0. The Bertz CT molecular complexity index is 1330. The molecule has 0 saturated heterocycles. The summed E-state index contributed by atoms with van der Waals surface area (Å²) in [7, 11) is -9.57. The van der Waals surface area contributed by atoms with Crippen molar-refractivity contribution in [2.24, 2.45) is 10.2 Å². The summed E-state index contributed by atoms with van der Waals surface area (Å²) in [6.45, 7) is 0. The minimum atomic E-state index is -4.87. The molecule has 14 heteroatoms. The molecule has 148 valence electrons. The maximum atomic E-state index is 11.8. The van der Waals surface area contributed by atoms with Crippen LogP contribution in [0.15, 0.2) is 68.6 Å². The molecule has 2 radical (unpaired) electrons. The van der Waals surface area contributed by atoms with Crippen molar-refractivity contribution in [2.75, 3.05) is 5.73 Å². The number of nitrogens with two attached hydrogens (primary N) is 1. The van der Waals surface area contributed by atoms with Crippen LogP contribution in [0.1, 0.15) is 0 Å². The van der Waals surface area contributed by atoms with E-state index in [1.807, 2.05) is 0 Å². The van der Waals surface area contributed by atoms with Crippen LogP contribution in [-0.2, 0) is 20.2 Å². The number of hydrogen-bond acceptors (Lipinski definition) is 8. The van der Waals surface area contributed by atoms with Crippen molar-refractivity contribution in [3.63, 3.8) is 0 Å². The maximum absolute atomic E-state index is 11.8. The van der Waals surface area contributed by atoms with Crippen LogP contribution in [0.2, 0.25) is 0 Å². The van der Waals surface area contributed by atoms with E-state index in [1.165, 1.54) is 0 Å². The summed E-state index contributed by atoms with van der Waals surface area (Å²) < 4.78 is 65.0. The van der Waals surface area contributed by atoms with Gasteiger partial charge in [0.15, 0.2) is 5.75 Å². The van der Waals surface area contributed by atoms with E-state index in [9.17, 15) is 31.0 Å². The molecule has 0 bridgehead atoms. The van der Waals surface area contributed by atoms with Crippen molar-refractivity contribution >= 4 is 107 Å². The number of nitrogen functional groups attached to an aromatic ring is 1. The van der Waals surface area contributed by atoms with Gasteiger partial charge in [-0.15, -0.1) is 5.11 Å². The number of hydrogen-bond donors (Lipinski definition) is 4. The number of phenols is 1. The zero-order chi connectivity index (χ0) is 20.7. The normalized spacial score (nSPS) is 11.8. The number of nitrogens with zero attached hydrogens (tertiary/aromatic N) is 2. The first-order chi connectivity index (χ1) is 13.0. The summed E-state index contributed by atoms with van der Waals surface area (Å²) in [5.74, 6) is -0.696. The van der Waals surface area contributed by atoms with Gasteiger partial charge in [-0.25, -0.2) is 0 Å². The number of phenolic OH excluding ortho intramolecular Hbond substituents is 1. The molecule has 0 aliphatic rings. The average molecular weight is 469 g/mol. The van der Waals surface area contributed by atoms with Gasteiger partial charge < -0.3 is 10.8 Å². The largest absolute Gasteiger partial charge is 0.505 e. The van der Waals surface area contributed by atoms with E-state index in [-0.39, 0.29) is 75.6 Å². The molecule has 3 rings (SSSR count). The summed E-state index contributed by atoms with van der Waals surface area (Å²) in [5, 5.41) is 17.9. The molecule has 0 aliphatic heterocycles. The fourth-order valence-electron chi connectivity index (χ4n) is 2.51. The predicted molar refractivity (Wildman–Crippen MR) is 112 cm³/mol. The smallest absolute Gasteiger partial charge is 0.296 e. The van der Waals surface area contributed by atoms with E-state index in [2.05, 4.69) is 10.2 Å². The van der Waals surface area contributed by atoms with Gasteiger partial charge in [-0.1, -0.05) is 18.2 Å². The number of aromatic hydroxyl groups is 1. The molecule has 3 aromatic carbocycles. The van der Waals surface area contributed by atoms with Gasteiger partial charge in [0, 0.05) is 64.5 Å². The number of rotatable bonds is 4. The van der Waals surface area contributed by atoms with Crippen LogP contribution in [0.5, 0.6) is 5.75 Å². The minimum absolute atomic E-state index is 0. The third kappa shape index (κ3) is 5.79. The maximum Gasteiger partial charge on any atom is 0.296 e. The number of azo groups is 1. The third-order valence-electron chi connectivity index (χ3n) is 3.76. The first kappa shape index (κ1) is 27.0. The molecule has 5 N–H and O–H groups in total. The zero-order valence-electron chi connectivity index (χ0n) is 15.9. The molecule has 0 aliphatic carbocycles. The Balaban J connectivity index is 0.00000225. The third-order valence-corrected chi connectivity index (χ3v) is 5.54. The topological polar surface area (TPSA) is 180 Å². The van der Waals surface area contributed by atoms with Gasteiger partial charge in [-0.05, 0) is 35.7 Å². The van der Waals surface area contributed by atoms with E-state index in [1.54, 1.807) is 30.3 Å². The molecule has 30 heavy (non-hydrogen) atoms. The predicted octanol–water partition coefficient (Wildman–Crippen LogP) is 2.27. The van der Waals surface area contributed by atoms with Gasteiger partial charge in [-0.2, -0.15) is 21.9 Å². The van der Waals surface area contributed by atoms with Crippen LogP contribution in [0.4, 0.5) is 17.1 Å². The van der Waals surface area contributed by atoms with Crippen molar-refractivity contribution in [2.45, 2.75) is 9.79 Å². The van der Waals surface area contributed by atoms with Gasteiger partial charge in [0.1, 0.15) is 15.5 Å². The first-order valence-corrected chi connectivity index (χ1v) is 10.4. The van der Waals surface area contributed by atoms with Crippen molar-refractivity contribution in [3.05, 3.63) is 48.5 Å². The van der Waals surface area contributed by atoms with Crippen molar-refractivity contribution in [1.29, 1.82) is 0 Å². The quantitative estimate of drug-likeness (QED) is 0.194. The molecule has 0 heterocycles. The Kier molecular flexibility index (Phi) is 9.03. The second-order valence-corrected chi connectivity index (χ2v) is 8.45. The Labute approximate surface area is 216 Å². The molecule has 0 fully saturated rings. The second-order valence-electron chi connectivity index (χ2n) is 5.67. The summed E-state index contributed by atoms with van der Waals surface area (Å²) in [6.07, 6.45) is 0.